The fourth-order valence-corrected chi connectivity index (χ4v) is 2.37. The van der Waals surface area contributed by atoms with Crippen LogP contribution in [0.1, 0.15) is 12.0 Å². The number of hydrogen-bond acceptors (Lipinski definition) is 2. The zero-order chi connectivity index (χ0) is 13.2. The molecular formula is C13H17F3N2. The molecule has 18 heavy (non-hydrogen) atoms. The van der Waals surface area contributed by atoms with Gasteiger partial charge in [-0.05, 0) is 18.5 Å². The summed E-state index contributed by atoms with van der Waals surface area (Å²) in [5.74, 6) is -1.41. The van der Waals surface area contributed by atoms with Gasteiger partial charge in [0, 0.05) is 19.1 Å². The number of nitrogens with zero attached hydrogens (tertiary/aromatic N) is 1. The van der Waals surface area contributed by atoms with Gasteiger partial charge >= 0.3 is 6.18 Å². The molecule has 2 nitrogen and oxygen atoms in total. The summed E-state index contributed by atoms with van der Waals surface area (Å²) in [5, 5.41) is 0. The van der Waals surface area contributed by atoms with Crippen LogP contribution in [0.25, 0.3) is 0 Å². The monoisotopic (exact) mass is 258 g/mol. The lowest BCUT2D eigenvalue weighted by molar-refractivity contribution is -0.191. The van der Waals surface area contributed by atoms with Crippen molar-refractivity contribution in [3.8, 4) is 0 Å². The van der Waals surface area contributed by atoms with E-state index in [-0.39, 0.29) is 6.54 Å². The van der Waals surface area contributed by atoms with Crippen molar-refractivity contribution in [2.24, 2.45) is 11.7 Å². The normalized spacial score (nSPS) is 26.2. The van der Waals surface area contributed by atoms with Crippen LogP contribution in [-0.2, 0) is 6.54 Å². The number of likely N-dealkylation sites (tertiary alicyclic amines) is 1. The number of hydrogen-bond donors (Lipinski definition) is 1. The Hall–Kier alpha value is -1.07. The molecule has 2 N–H and O–H groups in total. The third-order valence-corrected chi connectivity index (χ3v) is 3.42. The number of piperidine rings is 1. The van der Waals surface area contributed by atoms with Crippen LogP contribution < -0.4 is 5.73 Å². The number of benzene rings is 1. The lowest BCUT2D eigenvalue weighted by Crippen LogP contribution is -2.52. The van der Waals surface area contributed by atoms with Crippen LogP contribution in [0.5, 0.6) is 0 Å². The highest BCUT2D eigenvalue weighted by Crippen LogP contribution is 2.32. The van der Waals surface area contributed by atoms with Gasteiger partial charge in [-0.1, -0.05) is 30.3 Å². The summed E-state index contributed by atoms with van der Waals surface area (Å²) in [6.45, 7) is 1.18. The lowest BCUT2D eigenvalue weighted by atomic mass is 9.92. The van der Waals surface area contributed by atoms with Gasteiger partial charge in [-0.15, -0.1) is 0 Å². The van der Waals surface area contributed by atoms with Crippen LogP contribution in [0.3, 0.4) is 0 Å². The Balaban J connectivity index is 2.00. The fraction of sp³-hybridized carbons (Fsp3) is 0.538. The third-order valence-electron chi connectivity index (χ3n) is 3.42. The number of rotatable bonds is 2. The number of alkyl halides is 3. The van der Waals surface area contributed by atoms with Crippen LogP contribution in [0.4, 0.5) is 13.2 Å². The summed E-state index contributed by atoms with van der Waals surface area (Å²) in [6.07, 6.45) is -3.80. The van der Waals surface area contributed by atoms with Gasteiger partial charge in [0.25, 0.3) is 0 Å². The van der Waals surface area contributed by atoms with E-state index in [1.165, 1.54) is 0 Å². The molecule has 0 amide bonds. The lowest BCUT2D eigenvalue weighted by Gasteiger charge is -2.37. The van der Waals surface area contributed by atoms with E-state index in [1.54, 1.807) is 0 Å². The van der Waals surface area contributed by atoms with Crippen molar-refractivity contribution < 1.29 is 13.2 Å². The van der Waals surface area contributed by atoms with Gasteiger partial charge in [-0.2, -0.15) is 13.2 Å². The Morgan fingerprint density at radius 3 is 2.50 bits per heavy atom. The van der Waals surface area contributed by atoms with Gasteiger partial charge in [-0.25, -0.2) is 0 Å². The fourth-order valence-electron chi connectivity index (χ4n) is 2.37. The van der Waals surface area contributed by atoms with Crippen LogP contribution in [0.2, 0.25) is 0 Å². The smallest absolute Gasteiger partial charge is 0.327 e. The summed E-state index contributed by atoms with van der Waals surface area (Å²) in [7, 11) is 0. The molecule has 100 valence electrons. The maximum absolute atomic E-state index is 12.8. The summed E-state index contributed by atoms with van der Waals surface area (Å²) >= 11 is 0. The molecule has 1 aromatic rings. The molecule has 0 bridgehead atoms. The maximum Gasteiger partial charge on any atom is 0.394 e. The first-order valence-corrected chi connectivity index (χ1v) is 6.05. The second-order valence-electron chi connectivity index (χ2n) is 4.82. The molecule has 1 aliphatic rings. The number of halogens is 3. The van der Waals surface area contributed by atoms with E-state index in [1.807, 2.05) is 35.2 Å². The van der Waals surface area contributed by atoms with Crippen molar-refractivity contribution in [3.63, 3.8) is 0 Å². The second-order valence-corrected chi connectivity index (χ2v) is 4.82. The predicted molar refractivity (Wildman–Crippen MR) is 63.9 cm³/mol. The van der Waals surface area contributed by atoms with Crippen molar-refractivity contribution in [2.45, 2.75) is 25.2 Å². The molecule has 1 saturated heterocycles. The van der Waals surface area contributed by atoms with Crippen molar-refractivity contribution in [1.82, 2.24) is 4.90 Å². The Morgan fingerprint density at radius 1 is 1.22 bits per heavy atom. The van der Waals surface area contributed by atoms with E-state index < -0.39 is 18.1 Å². The first-order valence-electron chi connectivity index (χ1n) is 6.05. The predicted octanol–water partition coefficient (Wildman–Crippen LogP) is 2.40. The average molecular weight is 258 g/mol. The largest absolute Gasteiger partial charge is 0.394 e. The van der Waals surface area contributed by atoms with E-state index in [4.69, 9.17) is 5.73 Å². The zero-order valence-corrected chi connectivity index (χ0v) is 10.0. The van der Waals surface area contributed by atoms with Crippen molar-refractivity contribution in [1.29, 1.82) is 0 Å². The van der Waals surface area contributed by atoms with Crippen LogP contribution >= 0.6 is 0 Å². The third kappa shape index (κ3) is 3.23. The molecule has 1 heterocycles. The van der Waals surface area contributed by atoms with Crippen LogP contribution in [0, 0.1) is 5.92 Å². The quantitative estimate of drug-likeness (QED) is 0.882. The molecule has 2 atom stereocenters. The van der Waals surface area contributed by atoms with E-state index in [0.29, 0.717) is 19.5 Å². The highest BCUT2D eigenvalue weighted by atomic mass is 19.4. The van der Waals surface area contributed by atoms with Crippen LogP contribution in [-0.4, -0.2) is 30.2 Å². The molecule has 0 aromatic heterocycles. The molecule has 1 aromatic carbocycles. The Morgan fingerprint density at radius 2 is 1.89 bits per heavy atom. The van der Waals surface area contributed by atoms with E-state index in [0.717, 1.165) is 5.56 Å². The first kappa shape index (κ1) is 13.4. The molecule has 0 aliphatic carbocycles. The Labute approximate surface area is 105 Å². The van der Waals surface area contributed by atoms with Gasteiger partial charge in [-0.3, -0.25) is 4.90 Å². The molecule has 0 unspecified atom stereocenters. The molecule has 1 aliphatic heterocycles. The Kier molecular flexibility index (Phi) is 3.92. The molecule has 1 fully saturated rings. The minimum absolute atomic E-state index is 0.000436. The van der Waals surface area contributed by atoms with E-state index in [2.05, 4.69) is 0 Å². The van der Waals surface area contributed by atoms with Crippen molar-refractivity contribution in [3.05, 3.63) is 35.9 Å². The second kappa shape index (κ2) is 5.28. The minimum atomic E-state index is -4.20. The van der Waals surface area contributed by atoms with Crippen molar-refractivity contribution in [2.75, 3.05) is 13.1 Å². The molecular weight excluding hydrogens is 241 g/mol. The van der Waals surface area contributed by atoms with Crippen LogP contribution in [0.15, 0.2) is 30.3 Å². The number of nitrogens with two attached hydrogens (primary N) is 1. The van der Waals surface area contributed by atoms with Gasteiger partial charge in [0.15, 0.2) is 0 Å². The summed E-state index contributed by atoms with van der Waals surface area (Å²) in [6, 6.07) is 8.78. The summed E-state index contributed by atoms with van der Waals surface area (Å²) < 4.78 is 38.4. The SMILES string of the molecule is N[C@@H]1CCN(Cc2ccccc2)C[C@@H]1C(F)(F)F. The standard InChI is InChI=1S/C13H17F3N2/c14-13(15,16)11-9-18(7-6-12(11)17)8-10-4-2-1-3-5-10/h1-5,11-12H,6-9,17H2/t11-,12+/m0/s1. The van der Waals surface area contributed by atoms with E-state index in [9.17, 15) is 13.2 Å². The molecule has 5 heteroatoms. The van der Waals surface area contributed by atoms with Gasteiger partial charge in [0.1, 0.15) is 0 Å². The first-order chi connectivity index (χ1) is 8.47. The molecule has 0 spiro atoms. The van der Waals surface area contributed by atoms with Gasteiger partial charge in [0.2, 0.25) is 0 Å². The van der Waals surface area contributed by atoms with E-state index >= 15 is 0 Å². The highest BCUT2D eigenvalue weighted by Gasteiger charge is 2.45. The topological polar surface area (TPSA) is 29.3 Å². The summed E-state index contributed by atoms with van der Waals surface area (Å²) in [4.78, 5) is 1.83. The zero-order valence-electron chi connectivity index (χ0n) is 10.0. The molecule has 2 rings (SSSR count). The Bertz CT molecular complexity index is 378. The molecule has 0 radical (unpaired) electrons. The average Bonchev–Trinajstić information content (AvgIpc) is 2.31. The summed E-state index contributed by atoms with van der Waals surface area (Å²) in [5.41, 5.74) is 6.61. The van der Waals surface area contributed by atoms with Crippen molar-refractivity contribution >= 4 is 0 Å². The minimum Gasteiger partial charge on any atom is -0.327 e. The van der Waals surface area contributed by atoms with Gasteiger partial charge in [0.05, 0.1) is 5.92 Å². The molecule has 0 saturated carbocycles. The van der Waals surface area contributed by atoms with Gasteiger partial charge < -0.3 is 5.73 Å². The maximum atomic E-state index is 12.8. The highest BCUT2D eigenvalue weighted by molar-refractivity contribution is 5.14.